The normalized spacial score (nSPS) is 16.5. The van der Waals surface area contributed by atoms with Crippen molar-refractivity contribution >= 4 is 5.69 Å². The van der Waals surface area contributed by atoms with Gasteiger partial charge in [-0.1, -0.05) is 30.3 Å². The van der Waals surface area contributed by atoms with Crippen LogP contribution >= 0.6 is 0 Å². The number of ether oxygens (including phenoxy) is 1. The van der Waals surface area contributed by atoms with Crippen LogP contribution in [0.25, 0.3) is 0 Å². The van der Waals surface area contributed by atoms with Crippen LogP contribution in [0.5, 0.6) is 5.75 Å². The van der Waals surface area contributed by atoms with Gasteiger partial charge in [-0.3, -0.25) is 4.90 Å². The molecular weight excluding hydrogens is 324 g/mol. The first-order valence-electron chi connectivity index (χ1n) is 9.44. The molecule has 140 valence electrons. The van der Waals surface area contributed by atoms with E-state index in [-0.39, 0.29) is 0 Å². The number of anilines is 1. The van der Waals surface area contributed by atoms with Crippen molar-refractivity contribution < 1.29 is 9.84 Å². The minimum Gasteiger partial charge on any atom is -0.490 e. The van der Waals surface area contributed by atoms with Crippen molar-refractivity contribution in [3.05, 3.63) is 59.2 Å². The van der Waals surface area contributed by atoms with Gasteiger partial charge in [0.1, 0.15) is 18.5 Å². The summed E-state index contributed by atoms with van der Waals surface area (Å²) in [5.74, 6) is 0.915. The van der Waals surface area contributed by atoms with Crippen LogP contribution in [-0.2, 0) is 0 Å². The quantitative estimate of drug-likeness (QED) is 0.864. The van der Waals surface area contributed by atoms with Gasteiger partial charge >= 0.3 is 0 Å². The Kier molecular flexibility index (Phi) is 6.17. The monoisotopic (exact) mass is 354 g/mol. The van der Waals surface area contributed by atoms with E-state index in [1.807, 2.05) is 6.07 Å². The van der Waals surface area contributed by atoms with Crippen LogP contribution in [0.2, 0.25) is 0 Å². The predicted molar refractivity (Wildman–Crippen MR) is 107 cm³/mol. The van der Waals surface area contributed by atoms with Crippen LogP contribution in [0.1, 0.15) is 16.7 Å². The van der Waals surface area contributed by atoms with Crippen molar-refractivity contribution in [2.75, 3.05) is 44.2 Å². The zero-order chi connectivity index (χ0) is 18.5. The third-order valence-electron chi connectivity index (χ3n) is 5.26. The van der Waals surface area contributed by atoms with Gasteiger partial charge in [-0.25, -0.2) is 0 Å². The second kappa shape index (κ2) is 8.56. The molecule has 1 unspecified atom stereocenters. The van der Waals surface area contributed by atoms with Gasteiger partial charge in [-0.15, -0.1) is 0 Å². The van der Waals surface area contributed by atoms with Crippen molar-refractivity contribution in [2.45, 2.75) is 26.9 Å². The number of piperazine rings is 1. The van der Waals surface area contributed by atoms with Gasteiger partial charge in [0.05, 0.1) is 0 Å². The lowest BCUT2D eigenvalue weighted by molar-refractivity contribution is 0.0658. The summed E-state index contributed by atoms with van der Waals surface area (Å²) >= 11 is 0. The maximum atomic E-state index is 10.4. The minimum atomic E-state index is -0.474. The van der Waals surface area contributed by atoms with Crippen LogP contribution in [0.4, 0.5) is 5.69 Å². The number of β-amino-alcohol motifs (C(OH)–C–C–N with tert-alkyl or cyclic N) is 1. The molecule has 26 heavy (non-hydrogen) atoms. The van der Waals surface area contributed by atoms with Crippen LogP contribution < -0.4 is 9.64 Å². The summed E-state index contributed by atoms with van der Waals surface area (Å²) in [6, 6.07) is 14.7. The predicted octanol–water partition coefficient (Wildman–Crippen LogP) is 3.17. The van der Waals surface area contributed by atoms with Crippen molar-refractivity contribution in [2.24, 2.45) is 0 Å². The highest BCUT2D eigenvalue weighted by Crippen LogP contribution is 2.25. The standard InChI is InChI=1S/C22H30N2O2/c1-17-9-10-18(2)22(19(17)3)26-16-21(25)15-23-11-13-24(14-12-23)20-7-5-4-6-8-20/h4-10,21,25H,11-16H2,1-3H3. The lowest BCUT2D eigenvalue weighted by Gasteiger charge is -2.36. The molecule has 0 aliphatic carbocycles. The highest BCUT2D eigenvalue weighted by Gasteiger charge is 2.20. The first-order chi connectivity index (χ1) is 12.5. The smallest absolute Gasteiger partial charge is 0.125 e. The Bertz CT molecular complexity index is 710. The average molecular weight is 354 g/mol. The highest BCUT2D eigenvalue weighted by molar-refractivity contribution is 5.46. The Hall–Kier alpha value is -2.04. The van der Waals surface area contributed by atoms with Crippen molar-refractivity contribution in [1.82, 2.24) is 4.90 Å². The largest absolute Gasteiger partial charge is 0.490 e. The summed E-state index contributed by atoms with van der Waals surface area (Å²) in [6.45, 7) is 11.1. The second-order valence-electron chi connectivity index (χ2n) is 7.24. The van der Waals surface area contributed by atoms with Crippen LogP contribution in [-0.4, -0.2) is 55.4 Å². The molecule has 1 N–H and O–H groups in total. The van der Waals surface area contributed by atoms with Gasteiger partial charge in [0.2, 0.25) is 0 Å². The van der Waals surface area contributed by atoms with E-state index < -0.39 is 6.10 Å². The van der Waals surface area contributed by atoms with E-state index in [1.54, 1.807) is 0 Å². The van der Waals surface area contributed by atoms with Gasteiger partial charge in [0.25, 0.3) is 0 Å². The molecule has 0 saturated carbocycles. The Morgan fingerprint density at radius 2 is 1.58 bits per heavy atom. The van der Waals surface area contributed by atoms with Gasteiger partial charge in [-0.05, 0) is 49.6 Å². The molecule has 2 aromatic rings. The number of rotatable bonds is 6. The van der Waals surface area contributed by atoms with Crippen molar-refractivity contribution in [3.63, 3.8) is 0 Å². The molecule has 1 heterocycles. The van der Waals surface area contributed by atoms with Crippen LogP contribution in [0, 0.1) is 20.8 Å². The highest BCUT2D eigenvalue weighted by atomic mass is 16.5. The maximum Gasteiger partial charge on any atom is 0.125 e. The van der Waals surface area contributed by atoms with Crippen LogP contribution in [0.3, 0.4) is 0 Å². The average Bonchev–Trinajstić information content (AvgIpc) is 2.66. The number of nitrogens with zero attached hydrogens (tertiary/aromatic N) is 2. The molecule has 2 aromatic carbocycles. The maximum absolute atomic E-state index is 10.4. The molecule has 3 rings (SSSR count). The van der Waals surface area contributed by atoms with Gasteiger partial charge in [-0.2, -0.15) is 0 Å². The molecular formula is C22H30N2O2. The van der Waals surface area contributed by atoms with Gasteiger partial charge < -0.3 is 14.7 Å². The summed E-state index contributed by atoms with van der Waals surface area (Å²) in [4.78, 5) is 4.72. The number of para-hydroxylation sites is 1. The third kappa shape index (κ3) is 4.57. The fourth-order valence-electron chi connectivity index (χ4n) is 3.51. The molecule has 0 aromatic heterocycles. The van der Waals surface area contributed by atoms with Crippen LogP contribution in [0.15, 0.2) is 42.5 Å². The minimum absolute atomic E-state index is 0.337. The molecule has 0 spiro atoms. The van der Waals surface area contributed by atoms with E-state index in [4.69, 9.17) is 4.74 Å². The molecule has 1 aliphatic heterocycles. The SMILES string of the molecule is Cc1ccc(C)c(OCC(O)CN2CCN(c3ccccc3)CC2)c1C. The molecule has 1 fully saturated rings. The van der Waals surface area contributed by atoms with Crippen molar-refractivity contribution in [1.29, 1.82) is 0 Å². The van der Waals surface area contributed by atoms with E-state index in [0.717, 1.165) is 43.1 Å². The number of hydrogen-bond acceptors (Lipinski definition) is 4. The zero-order valence-electron chi connectivity index (χ0n) is 16.1. The van der Waals surface area contributed by atoms with Gasteiger partial charge in [0.15, 0.2) is 0 Å². The van der Waals surface area contributed by atoms with Gasteiger partial charge in [0, 0.05) is 38.4 Å². The van der Waals surface area contributed by atoms with E-state index in [9.17, 15) is 5.11 Å². The Morgan fingerprint density at radius 1 is 0.923 bits per heavy atom. The molecule has 1 aliphatic rings. The molecule has 1 atom stereocenters. The number of hydrogen-bond donors (Lipinski definition) is 1. The summed E-state index contributed by atoms with van der Waals surface area (Å²) in [6.07, 6.45) is -0.474. The molecule has 0 amide bonds. The topological polar surface area (TPSA) is 35.9 Å². The summed E-state index contributed by atoms with van der Waals surface area (Å²) < 4.78 is 5.96. The van der Waals surface area contributed by atoms with E-state index in [2.05, 4.69) is 67.0 Å². The molecule has 4 nitrogen and oxygen atoms in total. The first-order valence-corrected chi connectivity index (χ1v) is 9.44. The number of aliphatic hydroxyl groups is 1. The van der Waals surface area contributed by atoms with E-state index in [0.29, 0.717) is 13.2 Å². The van der Waals surface area contributed by atoms with E-state index in [1.165, 1.54) is 11.3 Å². The Labute approximate surface area is 157 Å². The number of benzene rings is 2. The lowest BCUT2D eigenvalue weighted by Crippen LogP contribution is -2.49. The molecule has 1 saturated heterocycles. The first kappa shape index (κ1) is 18.7. The molecule has 0 bridgehead atoms. The van der Waals surface area contributed by atoms with Crippen molar-refractivity contribution in [3.8, 4) is 5.75 Å². The summed E-state index contributed by atoms with van der Waals surface area (Å²) in [5.41, 5.74) is 4.78. The Balaban J connectivity index is 1.46. The third-order valence-corrected chi connectivity index (χ3v) is 5.26. The fraction of sp³-hybridized carbons (Fsp3) is 0.455. The number of aliphatic hydroxyl groups excluding tert-OH is 1. The molecule has 4 heteroatoms. The zero-order valence-corrected chi connectivity index (χ0v) is 16.1. The number of aryl methyl sites for hydroxylation is 2. The fourth-order valence-corrected chi connectivity index (χ4v) is 3.51. The molecule has 0 radical (unpaired) electrons. The Morgan fingerprint density at radius 3 is 2.27 bits per heavy atom. The lowest BCUT2D eigenvalue weighted by atomic mass is 10.1. The summed E-state index contributed by atoms with van der Waals surface area (Å²) in [5, 5.41) is 10.4. The second-order valence-corrected chi connectivity index (χ2v) is 7.24. The summed E-state index contributed by atoms with van der Waals surface area (Å²) in [7, 11) is 0. The van der Waals surface area contributed by atoms with E-state index >= 15 is 0 Å².